The normalized spacial score (nSPS) is 23.8. The summed E-state index contributed by atoms with van der Waals surface area (Å²) < 4.78 is 10.9. The standard InChI is InChI=1S/C14H23NO4/c1-7-8-11(16)10-9-18-14(5,6)15(10)12(17)19-13(2,3)4/h1,10-11,16H,8-9H2,2-6H3/t10-,11+/m0/s1. The van der Waals surface area contributed by atoms with Crippen LogP contribution in [-0.4, -0.2) is 46.2 Å². The van der Waals surface area contributed by atoms with Crippen LogP contribution in [-0.2, 0) is 9.47 Å². The molecule has 0 aromatic heterocycles. The minimum absolute atomic E-state index is 0.170. The summed E-state index contributed by atoms with van der Waals surface area (Å²) in [5, 5.41) is 10.0. The van der Waals surface area contributed by atoms with Gasteiger partial charge in [0.15, 0.2) is 0 Å². The van der Waals surface area contributed by atoms with Crippen LogP contribution in [0.25, 0.3) is 0 Å². The highest BCUT2D eigenvalue weighted by atomic mass is 16.6. The molecule has 0 aromatic carbocycles. The Kier molecular flexibility index (Phi) is 4.49. The van der Waals surface area contributed by atoms with Crippen LogP contribution < -0.4 is 0 Å². The molecule has 108 valence electrons. The number of rotatable bonds is 2. The second kappa shape index (κ2) is 5.40. The van der Waals surface area contributed by atoms with Crippen molar-refractivity contribution < 1.29 is 19.4 Å². The van der Waals surface area contributed by atoms with Gasteiger partial charge in [-0.25, -0.2) is 4.79 Å². The van der Waals surface area contributed by atoms with Crippen LogP contribution in [0, 0.1) is 12.3 Å². The maximum absolute atomic E-state index is 12.3. The first-order chi connectivity index (χ1) is 8.58. The highest BCUT2D eigenvalue weighted by Crippen LogP contribution is 2.31. The van der Waals surface area contributed by atoms with Gasteiger partial charge < -0.3 is 14.6 Å². The molecule has 0 bridgehead atoms. The summed E-state index contributed by atoms with van der Waals surface area (Å²) in [4.78, 5) is 13.7. The molecule has 0 aliphatic carbocycles. The van der Waals surface area contributed by atoms with Crippen LogP contribution in [0.2, 0.25) is 0 Å². The third kappa shape index (κ3) is 3.85. The second-order valence-corrected chi connectivity index (χ2v) is 6.15. The lowest BCUT2D eigenvalue weighted by atomic mass is 10.1. The number of hydrogen-bond donors (Lipinski definition) is 1. The molecule has 1 N–H and O–H groups in total. The fourth-order valence-electron chi connectivity index (χ4n) is 2.04. The van der Waals surface area contributed by atoms with Crippen LogP contribution in [0.4, 0.5) is 4.79 Å². The molecule has 1 fully saturated rings. The van der Waals surface area contributed by atoms with Gasteiger partial charge in [0.25, 0.3) is 0 Å². The van der Waals surface area contributed by atoms with Crippen molar-refractivity contribution in [2.24, 2.45) is 0 Å². The van der Waals surface area contributed by atoms with Gasteiger partial charge in [-0.15, -0.1) is 12.3 Å². The molecular weight excluding hydrogens is 246 g/mol. The van der Waals surface area contributed by atoms with Crippen molar-refractivity contribution in [3.8, 4) is 12.3 Å². The zero-order chi connectivity index (χ0) is 14.8. The average molecular weight is 269 g/mol. The Hall–Kier alpha value is -1.25. The first-order valence-electron chi connectivity index (χ1n) is 6.36. The predicted molar refractivity (Wildman–Crippen MR) is 71.3 cm³/mol. The Morgan fingerprint density at radius 2 is 2.21 bits per heavy atom. The number of terminal acetylenes is 1. The van der Waals surface area contributed by atoms with Gasteiger partial charge in [-0.3, -0.25) is 4.90 Å². The molecule has 0 unspecified atom stereocenters. The summed E-state index contributed by atoms with van der Waals surface area (Å²) in [5.74, 6) is 2.40. The largest absolute Gasteiger partial charge is 0.444 e. The molecule has 1 saturated heterocycles. The Bertz CT molecular complexity index is 378. The number of hydrogen-bond acceptors (Lipinski definition) is 4. The lowest BCUT2D eigenvalue weighted by molar-refractivity contribution is -0.0675. The maximum Gasteiger partial charge on any atom is 0.412 e. The zero-order valence-corrected chi connectivity index (χ0v) is 12.3. The number of nitrogens with zero attached hydrogens (tertiary/aromatic N) is 1. The van der Waals surface area contributed by atoms with Gasteiger partial charge in [0.2, 0.25) is 0 Å². The van der Waals surface area contributed by atoms with Crippen molar-refractivity contribution in [2.45, 2.75) is 64.5 Å². The van der Waals surface area contributed by atoms with Gasteiger partial charge in [0, 0.05) is 6.42 Å². The van der Waals surface area contributed by atoms with Crippen LogP contribution in [0.15, 0.2) is 0 Å². The van der Waals surface area contributed by atoms with Gasteiger partial charge >= 0.3 is 6.09 Å². The predicted octanol–water partition coefficient (Wildman–Crippen LogP) is 1.74. The maximum atomic E-state index is 12.3. The van der Waals surface area contributed by atoms with Crippen molar-refractivity contribution in [1.82, 2.24) is 4.90 Å². The van der Waals surface area contributed by atoms with Crippen LogP contribution >= 0.6 is 0 Å². The quantitative estimate of drug-likeness (QED) is 0.776. The van der Waals surface area contributed by atoms with Gasteiger partial charge in [-0.05, 0) is 34.6 Å². The lowest BCUT2D eigenvalue weighted by Gasteiger charge is -2.36. The van der Waals surface area contributed by atoms with E-state index in [1.165, 1.54) is 4.90 Å². The third-order valence-corrected chi connectivity index (χ3v) is 2.88. The smallest absolute Gasteiger partial charge is 0.412 e. The van der Waals surface area contributed by atoms with Crippen LogP contribution in [0.1, 0.15) is 41.0 Å². The number of amides is 1. The lowest BCUT2D eigenvalue weighted by Crippen LogP contribution is -2.53. The van der Waals surface area contributed by atoms with E-state index in [1.807, 2.05) is 0 Å². The van der Waals surface area contributed by atoms with E-state index in [-0.39, 0.29) is 13.0 Å². The Labute approximate surface area is 114 Å². The van der Waals surface area contributed by atoms with Crippen molar-refractivity contribution in [1.29, 1.82) is 0 Å². The average Bonchev–Trinajstić information content (AvgIpc) is 2.51. The van der Waals surface area contributed by atoms with Crippen molar-refractivity contribution in [3.05, 3.63) is 0 Å². The first-order valence-corrected chi connectivity index (χ1v) is 6.36. The summed E-state index contributed by atoms with van der Waals surface area (Å²) >= 11 is 0. The van der Waals surface area contributed by atoms with Crippen LogP contribution in [0.3, 0.4) is 0 Å². The summed E-state index contributed by atoms with van der Waals surface area (Å²) in [7, 11) is 0. The van der Waals surface area contributed by atoms with E-state index in [0.717, 1.165) is 0 Å². The summed E-state index contributed by atoms with van der Waals surface area (Å²) in [6.07, 6.45) is 4.05. The highest BCUT2D eigenvalue weighted by Gasteiger charge is 2.48. The molecular formula is C14H23NO4. The number of carbonyl (C=O) groups excluding carboxylic acids is 1. The SMILES string of the molecule is C#CC[C@@H](O)[C@@H]1COC(C)(C)N1C(=O)OC(C)(C)C. The monoisotopic (exact) mass is 269 g/mol. The number of aliphatic hydroxyl groups excluding tert-OH is 1. The molecule has 0 saturated carbocycles. The van der Waals surface area contributed by atoms with E-state index in [0.29, 0.717) is 0 Å². The molecule has 1 aliphatic rings. The van der Waals surface area contributed by atoms with Gasteiger partial charge in [0.1, 0.15) is 11.3 Å². The molecule has 5 heteroatoms. The van der Waals surface area contributed by atoms with Gasteiger partial charge in [-0.1, -0.05) is 0 Å². The van der Waals surface area contributed by atoms with E-state index in [1.54, 1.807) is 34.6 Å². The van der Waals surface area contributed by atoms with E-state index >= 15 is 0 Å². The molecule has 1 rings (SSSR count). The molecule has 0 aromatic rings. The van der Waals surface area contributed by atoms with Crippen molar-refractivity contribution >= 4 is 6.09 Å². The van der Waals surface area contributed by atoms with Gasteiger partial charge in [0.05, 0.1) is 18.8 Å². The Morgan fingerprint density at radius 3 is 2.68 bits per heavy atom. The van der Waals surface area contributed by atoms with E-state index in [2.05, 4.69) is 5.92 Å². The fourth-order valence-corrected chi connectivity index (χ4v) is 2.04. The first kappa shape index (κ1) is 15.8. The fraction of sp³-hybridized carbons (Fsp3) is 0.786. The number of aliphatic hydroxyl groups is 1. The molecule has 1 amide bonds. The summed E-state index contributed by atoms with van der Waals surface area (Å²) in [5.41, 5.74) is -1.42. The number of ether oxygens (including phenoxy) is 2. The zero-order valence-electron chi connectivity index (χ0n) is 12.3. The minimum atomic E-state index is -0.820. The van der Waals surface area contributed by atoms with E-state index in [4.69, 9.17) is 15.9 Å². The molecule has 1 aliphatic heterocycles. The molecule has 0 radical (unpaired) electrons. The summed E-state index contributed by atoms with van der Waals surface area (Å²) in [6.45, 7) is 9.15. The molecule has 19 heavy (non-hydrogen) atoms. The molecule has 1 heterocycles. The third-order valence-electron chi connectivity index (χ3n) is 2.88. The van der Waals surface area contributed by atoms with Crippen molar-refractivity contribution in [3.63, 3.8) is 0 Å². The number of carbonyl (C=O) groups is 1. The molecule has 0 spiro atoms. The van der Waals surface area contributed by atoms with Gasteiger partial charge in [-0.2, -0.15) is 0 Å². The molecule has 2 atom stereocenters. The van der Waals surface area contributed by atoms with E-state index in [9.17, 15) is 9.90 Å². The Morgan fingerprint density at radius 1 is 1.63 bits per heavy atom. The highest BCUT2D eigenvalue weighted by molar-refractivity contribution is 5.69. The van der Waals surface area contributed by atoms with E-state index < -0.39 is 29.6 Å². The topological polar surface area (TPSA) is 59.0 Å². The molecule has 5 nitrogen and oxygen atoms in total. The Balaban J connectivity index is 2.90. The second-order valence-electron chi connectivity index (χ2n) is 6.15. The van der Waals surface area contributed by atoms with Crippen molar-refractivity contribution in [2.75, 3.05) is 6.61 Å². The van der Waals surface area contributed by atoms with Crippen LogP contribution in [0.5, 0.6) is 0 Å². The minimum Gasteiger partial charge on any atom is -0.444 e. The summed E-state index contributed by atoms with van der Waals surface area (Å²) in [6, 6.07) is -0.485.